The van der Waals surface area contributed by atoms with Crippen LogP contribution in [-0.4, -0.2) is 9.55 Å². The van der Waals surface area contributed by atoms with Gasteiger partial charge in [0.1, 0.15) is 11.6 Å². The number of benzene rings is 2. The van der Waals surface area contributed by atoms with Gasteiger partial charge in [0, 0.05) is 10.0 Å². The van der Waals surface area contributed by atoms with E-state index in [2.05, 4.69) is 20.9 Å². The van der Waals surface area contributed by atoms with Crippen molar-refractivity contribution in [2.24, 2.45) is 0 Å². The van der Waals surface area contributed by atoms with Gasteiger partial charge in [-0.05, 0) is 24.3 Å². The molecule has 0 fully saturated rings. The fraction of sp³-hybridized carbons (Fsp3) is 0.0667. The molecular formula is C15H9BrF2N2O. The van der Waals surface area contributed by atoms with Crippen molar-refractivity contribution < 1.29 is 8.78 Å². The van der Waals surface area contributed by atoms with Crippen LogP contribution in [0, 0.1) is 11.6 Å². The van der Waals surface area contributed by atoms with Crippen LogP contribution >= 0.6 is 15.9 Å². The first-order valence-electron chi connectivity index (χ1n) is 6.14. The Morgan fingerprint density at radius 2 is 1.81 bits per heavy atom. The second-order valence-electron chi connectivity index (χ2n) is 4.52. The quantitative estimate of drug-likeness (QED) is 0.709. The molecule has 3 nitrogen and oxygen atoms in total. The second-order valence-corrected chi connectivity index (χ2v) is 5.43. The molecule has 0 unspecified atom stereocenters. The number of fused-ring (bicyclic) bond motifs is 1. The highest BCUT2D eigenvalue weighted by molar-refractivity contribution is 9.10. The third kappa shape index (κ3) is 2.58. The van der Waals surface area contributed by atoms with Crippen molar-refractivity contribution in [3.05, 3.63) is 74.6 Å². The molecule has 2 aromatic carbocycles. The lowest BCUT2D eigenvalue weighted by Crippen LogP contribution is -2.22. The van der Waals surface area contributed by atoms with Gasteiger partial charge in [0.2, 0.25) is 0 Å². The van der Waals surface area contributed by atoms with Gasteiger partial charge in [0.25, 0.3) is 5.56 Å². The highest BCUT2D eigenvalue weighted by Gasteiger charge is 2.13. The third-order valence-corrected chi connectivity index (χ3v) is 3.63. The Morgan fingerprint density at radius 1 is 1.14 bits per heavy atom. The minimum Gasteiger partial charge on any atom is -0.301 e. The summed E-state index contributed by atoms with van der Waals surface area (Å²) >= 11 is 3.03. The van der Waals surface area contributed by atoms with Gasteiger partial charge in [-0.15, -0.1) is 0 Å². The molecule has 0 amide bonds. The molecule has 0 bridgehead atoms. The van der Waals surface area contributed by atoms with Crippen LogP contribution in [0.3, 0.4) is 0 Å². The van der Waals surface area contributed by atoms with Crippen LogP contribution in [0.4, 0.5) is 8.78 Å². The zero-order valence-corrected chi connectivity index (χ0v) is 12.3. The molecule has 0 aliphatic rings. The number of nitrogens with zero attached hydrogens (tertiary/aromatic N) is 2. The van der Waals surface area contributed by atoms with Crippen molar-refractivity contribution in [3.63, 3.8) is 0 Å². The molecule has 1 aromatic heterocycles. The standard InChI is InChI=1S/C15H9BrF2N2O/c16-9-5-11(17)10(12(18)6-9)8-20-14-4-2-1-3-13(14)19-7-15(20)21/h1-7H,8H2. The number of hydrogen-bond acceptors (Lipinski definition) is 2. The lowest BCUT2D eigenvalue weighted by molar-refractivity contribution is 0.543. The van der Waals surface area contributed by atoms with E-state index in [4.69, 9.17) is 0 Å². The van der Waals surface area contributed by atoms with Crippen LogP contribution in [0.1, 0.15) is 5.56 Å². The monoisotopic (exact) mass is 350 g/mol. The Kier molecular flexibility index (Phi) is 3.55. The average Bonchev–Trinajstić information content (AvgIpc) is 2.44. The van der Waals surface area contributed by atoms with Crippen molar-refractivity contribution in [1.29, 1.82) is 0 Å². The van der Waals surface area contributed by atoms with E-state index >= 15 is 0 Å². The maximum Gasteiger partial charge on any atom is 0.269 e. The van der Waals surface area contributed by atoms with E-state index in [0.717, 1.165) is 6.20 Å². The molecule has 21 heavy (non-hydrogen) atoms. The molecule has 106 valence electrons. The van der Waals surface area contributed by atoms with E-state index < -0.39 is 17.2 Å². The summed E-state index contributed by atoms with van der Waals surface area (Å²) in [6.07, 6.45) is 1.15. The smallest absolute Gasteiger partial charge is 0.269 e. The summed E-state index contributed by atoms with van der Waals surface area (Å²) in [6.45, 7) is -0.188. The van der Waals surface area contributed by atoms with Crippen molar-refractivity contribution in [2.45, 2.75) is 6.54 Å². The van der Waals surface area contributed by atoms with Crippen molar-refractivity contribution in [2.75, 3.05) is 0 Å². The zero-order chi connectivity index (χ0) is 15.0. The van der Waals surface area contributed by atoms with Crippen molar-refractivity contribution in [3.8, 4) is 0 Å². The van der Waals surface area contributed by atoms with E-state index in [1.54, 1.807) is 24.3 Å². The van der Waals surface area contributed by atoms with Crippen LogP contribution in [0.5, 0.6) is 0 Å². The van der Waals surface area contributed by atoms with Gasteiger partial charge in [0.05, 0.1) is 23.8 Å². The van der Waals surface area contributed by atoms with Crippen LogP contribution in [0.15, 0.2) is 51.9 Å². The number of para-hydroxylation sites is 2. The first kappa shape index (κ1) is 13.9. The first-order chi connectivity index (χ1) is 10.1. The fourth-order valence-electron chi connectivity index (χ4n) is 2.16. The van der Waals surface area contributed by atoms with Crippen LogP contribution in [0.25, 0.3) is 11.0 Å². The normalized spacial score (nSPS) is 11.0. The van der Waals surface area contributed by atoms with Gasteiger partial charge >= 0.3 is 0 Å². The summed E-state index contributed by atoms with van der Waals surface area (Å²) in [7, 11) is 0. The average molecular weight is 351 g/mol. The molecule has 3 rings (SSSR count). The maximum absolute atomic E-state index is 13.9. The van der Waals surface area contributed by atoms with Gasteiger partial charge < -0.3 is 4.57 Å². The van der Waals surface area contributed by atoms with Crippen molar-refractivity contribution in [1.82, 2.24) is 9.55 Å². The molecule has 0 N–H and O–H groups in total. The maximum atomic E-state index is 13.9. The SMILES string of the molecule is O=c1cnc2ccccc2n1Cc1c(F)cc(Br)cc1F. The van der Waals surface area contributed by atoms with Gasteiger partial charge in [-0.2, -0.15) is 0 Å². The molecule has 0 saturated carbocycles. The Balaban J connectivity index is 2.19. The molecule has 3 aromatic rings. The van der Waals surface area contributed by atoms with E-state index in [1.165, 1.54) is 16.7 Å². The zero-order valence-electron chi connectivity index (χ0n) is 10.7. The number of rotatable bonds is 2. The molecule has 6 heteroatoms. The Labute approximate surface area is 127 Å². The van der Waals surface area contributed by atoms with Crippen LogP contribution in [-0.2, 0) is 6.54 Å². The molecule has 0 atom stereocenters. The van der Waals surface area contributed by atoms with E-state index in [0.29, 0.717) is 15.5 Å². The van der Waals surface area contributed by atoms with E-state index in [1.807, 2.05) is 0 Å². The summed E-state index contributed by atoms with van der Waals surface area (Å²) in [5.41, 5.74) is 0.564. The minimum absolute atomic E-state index is 0.156. The largest absolute Gasteiger partial charge is 0.301 e. The third-order valence-electron chi connectivity index (χ3n) is 3.17. The van der Waals surface area contributed by atoms with Crippen LogP contribution < -0.4 is 5.56 Å². The summed E-state index contributed by atoms with van der Waals surface area (Å²) in [4.78, 5) is 16.0. The summed E-state index contributed by atoms with van der Waals surface area (Å²) < 4.78 is 29.5. The van der Waals surface area contributed by atoms with Gasteiger partial charge in [-0.25, -0.2) is 13.8 Å². The molecule has 0 aliphatic heterocycles. The van der Waals surface area contributed by atoms with Crippen molar-refractivity contribution >= 4 is 27.0 Å². The van der Waals surface area contributed by atoms with E-state index in [-0.39, 0.29) is 12.1 Å². The summed E-state index contributed by atoms with van der Waals surface area (Å²) in [6, 6.07) is 9.30. The molecule has 0 spiro atoms. The Morgan fingerprint density at radius 3 is 2.52 bits per heavy atom. The molecule has 0 aliphatic carbocycles. The molecule has 0 radical (unpaired) electrons. The van der Waals surface area contributed by atoms with Gasteiger partial charge in [-0.1, -0.05) is 28.1 Å². The molecule has 1 heterocycles. The van der Waals surface area contributed by atoms with E-state index in [9.17, 15) is 13.6 Å². The number of hydrogen-bond donors (Lipinski definition) is 0. The molecule has 0 saturated heterocycles. The van der Waals surface area contributed by atoms with Gasteiger partial charge in [-0.3, -0.25) is 4.79 Å². The minimum atomic E-state index is -0.699. The van der Waals surface area contributed by atoms with Crippen LogP contribution in [0.2, 0.25) is 0 Å². The lowest BCUT2D eigenvalue weighted by atomic mass is 10.2. The molecular weight excluding hydrogens is 342 g/mol. The predicted molar refractivity (Wildman–Crippen MR) is 79.2 cm³/mol. The fourth-order valence-corrected chi connectivity index (χ4v) is 2.56. The number of halogens is 3. The summed E-state index contributed by atoms with van der Waals surface area (Å²) in [5.74, 6) is -1.40. The highest BCUT2D eigenvalue weighted by atomic mass is 79.9. The highest BCUT2D eigenvalue weighted by Crippen LogP contribution is 2.21. The first-order valence-corrected chi connectivity index (χ1v) is 6.93. The lowest BCUT2D eigenvalue weighted by Gasteiger charge is -2.11. The predicted octanol–water partition coefficient (Wildman–Crippen LogP) is 3.49. The summed E-state index contributed by atoms with van der Waals surface area (Å²) in [5, 5.41) is 0. The Bertz CT molecular complexity index is 869. The number of aromatic nitrogens is 2. The Hall–Kier alpha value is -2.08. The second kappa shape index (κ2) is 5.37. The topological polar surface area (TPSA) is 34.9 Å². The van der Waals surface area contributed by atoms with Gasteiger partial charge in [0.15, 0.2) is 0 Å².